The minimum Gasteiger partial charge on any atom is -0.481 e. The van der Waals surface area contributed by atoms with Crippen molar-refractivity contribution in [1.82, 2.24) is 9.55 Å². The quantitative estimate of drug-likeness (QED) is 0.559. The largest absolute Gasteiger partial charge is 0.481 e. The van der Waals surface area contributed by atoms with Crippen LogP contribution in [0.5, 0.6) is 0 Å². The van der Waals surface area contributed by atoms with Crippen LogP contribution in [0.4, 0.5) is 0 Å². The Morgan fingerprint density at radius 3 is 2.57 bits per heavy atom. The number of carbonyl (C=O) groups is 1. The van der Waals surface area contributed by atoms with Crippen LogP contribution >= 0.6 is 24.8 Å². The van der Waals surface area contributed by atoms with Gasteiger partial charge in [-0.25, -0.2) is 4.98 Å². The van der Waals surface area contributed by atoms with Gasteiger partial charge in [-0.15, -0.1) is 24.8 Å². The average molecular weight is 448 g/mol. The van der Waals surface area contributed by atoms with Crippen molar-refractivity contribution < 1.29 is 9.90 Å². The van der Waals surface area contributed by atoms with E-state index in [4.69, 9.17) is 5.73 Å². The van der Waals surface area contributed by atoms with Gasteiger partial charge in [0.1, 0.15) is 0 Å². The second-order valence-corrected chi connectivity index (χ2v) is 7.39. The Balaban J connectivity index is 0.00000160. The lowest BCUT2D eigenvalue weighted by Crippen LogP contribution is -2.20. The van der Waals surface area contributed by atoms with Crippen LogP contribution in [0.1, 0.15) is 29.8 Å². The predicted octanol–water partition coefficient (Wildman–Crippen LogP) is 4.46. The molecular formula is C23H27Cl2N3O2. The van der Waals surface area contributed by atoms with Gasteiger partial charge in [-0.05, 0) is 61.1 Å². The fourth-order valence-electron chi connectivity index (χ4n) is 4.05. The maximum Gasteiger partial charge on any atom is 0.306 e. The third-order valence-corrected chi connectivity index (χ3v) is 5.58. The number of fused-ring (bicyclic) bond motifs is 3. The number of aryl methyl sites for hydroxylation is 1. The Labute approximate surface area is 189 Å². The first-order chi connectivity index (χ1) is 13.7. The smallest absolute Gasteiger partial charge is 0.306 e. The van der Waals surface area contributed by atoms with Crippen molar-refractivity contribution in [3.8, 4) is 16.8 Å². The highest BCUT2D eigenvalue weighted by atomic mass is 35.5. The monoisotopic (exact) mass is 447 g/mol. The molecular weight excluding hydrogens is 421 g/mol. The number of hydrogen-bond donors (Lipinski definition) is 2. The Kier molecular flexibility index (Phi) is 8.47. The molecule has 0 aliphatic carbocycles. The molecule has 5 nitrogen and oxygen atoms in total. The van der Waals surface area contributed by atoms with E-state index in [0.717, 1.165) is 36.3 Å². The van der Waals surface area contributed by atoms with Crippen LogP contribution in [0.15, 0.2) is 54.9 Å². The summed E-state index contributed by atoms with van der Waals surface area (Å²) >= 11 is 0. The van der Waals surface area contributed by atoms with Crippen molar-refractivity contribution >= 4 is 30.8 Å². The molecule has 30 heavy (non-hydrogen) atoms. The molecule has 4 rings (SSSR count). The first-order valence-electron chi connectivity index (χ1n) is 9.84. The summed E-state index contributed by atoms with van der Waals surface area (Å²) in [5.41, 5.74) is 12.5. The van der Waals surface area contributed by atoms with E-state index in [9.17, 15) is 9.90 Å². The van der Waals surface area contributed by atoms with Gasteiger partial charge in [0.2, 0.25) is 0 Å². The fourth-order valence-corrected chi connectivity index (χ4v) is 4.05. The fraction of sp³-hybridized carbons (Fsp3) is 0.304. The number of benzene rings is 2. The van der Waals surface area contributed by atoms with Gasteiger partial charge in [0.05, 0.1) is 23.6 Å². The number of rotatable bonds is 7. The zero-order valence-electron chi connectivity index (χ0n) is 16.7. The molecule has 0 amide bonds. The Hall–Kier alpha value is -2.34. The molecule has 0 saturated heterocycles. The highest BCUT2D eigenvalue weighted by Crippen LogP contribution is 2.31. The molecule has 1 aromatic heterocycles. The van der Waals surface area contributed by atoms with Crippen LogP contribution in [0.25, 0.3) is 16.8 Å². The second-order valence-electron chi connectivity index (χ2n) is 7.39. The summed E-state index contributed by atoms with van der Waals surface area (Å²) in [6, 6.07) is 16.9. The summed E-state index contributed by atoms with van der Waals surface area (Å²) in [6.07, 6.45) is 5.44. The SMILES string of the molecule is Cl.Cl.NCCC[C@@H](Cc1ncn2c1CCc1cc(-c3ccccc3)ccc1-2)C(=O)O. The van der Waals surface area contributed by atoms with Gasteiger partial charge in [-0.2, -0.15) is 0 Å². The zero-order chi connectivity index (χ0) is 19.5. The minimum absolute atomic E-state index is 0. The maximum atomic E-state index is 11.6. The van der Waals surface area contributed by atoms with Gasteiger partial charge < -0.3 is 15.4 Å². The first kappa shape index (κ1) is 23.9. The van der Waals surface area contributed by atoms with Crippen LogP contribution in [-0.2, 0) is 24.1 Å². The molecule has 0 saturated carbocycles. The molecule has 160 valence electrons. The summed E-state index contributed by atoms with van der Waals surface area (Å²) in [4.78, 5) is 16.2. The lowest BCUT2D eigenvalue weighted by atomic mass is 9.93. The second kappa shape index (κ2) is 10.6. The van der Waals surface area contributed by atoms with E-state index in [1.54, 1.807) is 0 Å². The van der Waals surface area contributed by atoms with E-state index < -0.39 is 11.9 Å². The third kappa shape index (κ3) is 4.86. The van der Waals surface area contributed by atoms with E-state index in [0.29, 0.717) is 19.4 Å². The molecule has 0 radical (unpaired) electrons. The molecule has 3 N–H and O–H groups in total. The van der Waals surface area contributed by atoms with Gasteiger partial charge in [-0.1, -0.05) is 36.4 Å². The van der Waals surface area contributed by atoms with Crippen molar-refractivity contribution in [2.75, 3.05) is 6.54 Å². The number of halogens is 2. The van der Waals surface area contributed by atoms with Crippen molar-refractivity contribution in [3.05, 3.63) is 71.8 Å². The van der Waals surface area contributed by atoms with E-state index in [2.05, 4.69) is 52.0 Å². The van der Waals surface area contributed by atoms with E-state index in [1.807, 2.05) is 12.4 Å². The summed E-state index contributed by atoms with van der Waals surface area (Å²) in [7, 11) is 0. The molecule has 2 heterocycles. The molecule has 0 fully saturated rings. The molecule has 3 aromatic rings. The van der Waals surface area contributed by atoms with Gasteiger partial charge >= 0.3 is 5.97 Å². The Morgan fingerprint density at radius 1 is 1.10 bits per heavy atom. The molecule has 1 aliphatic rings. The number of carboxylic acid groups (broad SMARTS) is 1. The average Bonchev–Trinajstić information content (AvgIpc) is 3.14. The van der Waals surface area contributed by atoms with Crippen LogP contribution in [-0.4, -0.2) is 27.2 Å². The third-order valence-electron chi connectivity index (χ3n) is 5.58. The minimum atomic E-state index is -0.765. The van der Waals surface area contributed by atoms with Crippen molar-refractivity contribution in [2.45, 2.75) is 32.1 Å². The van der Waals surface area contributed by atoms with Gasteiger partial charge in [0.15, 0.2) is 0 Å². The number of aromatic nitrogens is 2. The van der Waals surface area contributed by atoms with Crippen molar-refractivity contribution in [3.63, 3.8) is 0 Å². The van der Waals surface area contributed by atoms with Crippen molar-refractivity contribution in [2.24, 2.45) is 11.7 Å². The maximum absolute atomic E-state index is 11.6. The highest BCUT2D eigenvalue weighted by molar-refractivity contribution is 5.85. The lowest BCUT2D eigenvalue weighted by Gasteiger charge is -2.21. The summed E-state index contributed by atoms with van der Waals surface area (Å²) in [5.74, 6) is -1.19. The molecule has 0 spiro atoms. The molecule has 1 aliphatic heterocycles. The summed E-state index contributed by atoms with van der Waals surface area (Å²) in [5, 5.41) is 9.52. The molecule has 1 atom stereocenters. The number of carboxylic acids is 1. The zero-order valence-corrected chi connectivity index (χ0v) is 18.3. The van der Waals surface area contributed by atoms with E-state index >= 15 is 0 Å². The topological polar surface area (TPSA) is 81.1 Å². The number of nitrogens with zero attached hydrogens (tertiary/aromatic N) is 2. The van der Waals surface area contributed by atoms with Crippen LogP contribution in [0.3, 0.4) is 0 Å². The lowest BCUT2D eigenvalue weighted by molar-refractivity contribution is -0.142. The van der Waals surface area contributed by atoms with Crippen LogP contribution in [0, 0.1) is 5.92 Å². The predicted molar refractivity (Wildman–Crippen MR) is 124 cm³/mol. The number of aliphatic carboxylic acids is 1. The highest BCUT2D eigenvalue weighted by Gasteiger charge is 2.24. The molecule has 0 unspecified atom stereocenters. The summed E-state index contributed by atoms with van der Waals surface area (Å²) in [6.45, 7) is 0.516. The van der Waals surface area contributed by atoms with Gasteiger partial charge in [0.25, 0.3) is 0 Å². The molecule has 7 heteroatoms. The molecule has 0 bridgehead atoms. The normalized spacial score (nSPS) is 12.7. The van der Waals surface area contributed by atoms with Gasteiger partial charge in [0, 0.05) is 12.1 Å². The number of imidazole rings is 1. The standard InChI is InChI=1S/C23H25N3O2.2ClH/c24-12-4-7-19(23(27)28)14-20-22-11-9-18-13-17(16-5-2-1-3-6-16)8-10-21(18)26(22)15-25-20;;/h1-3,5-6,8,10,13,15,19H,4,7,9,11-12,14,24H2,(H,27,28);2*1H/t19-;;/m0../s1. The Morgan fingerprint density at radius 2 is 1.87 bits per heavy atom. The van der Waals surface area contributed by atoms with Crippen LogP contribution in [0.2, 0.25) is 0 Å². The van der Waals surface area contributed by atoms with E-state index in [-0.39, 0.29) is 24.8 Å². The molecule has 2 aromatic carbocycles. The van der Waals surface area contributed by atoms with Gasteiger partial charge in [-0.3, -0.25) is 4.79 Å². The van der Waals surface area contributed by atoms with Crippen molar-refractivity contribution in [1.29, 1.82) is 0 Å². The number of nitrogens with two attached hydrogens (primary N) is 1. The first-order valence-corrected chi connectivity index (χ1v) is 9.84. The Bertz CT molecular complexity index is 989. The summed E-state index contributed by atoms with van der Waals surface area (Å²) < 4.78 is 2.13. The van der Waals surface area contributed by atoms with Crippen LogP contribution < -0.4 is 5.73 Å². The van der Waals surface area contributed by atoms with E-state index in [1.165, 1.54) is 16.7 Å². The number of hydrogen-bond acceptors (Lipinski definition) is 3.